The average Bonchev–Trinajstić information content (AvgIpc) is 3.08. The molecule has 1 N–H and O–H groups in total. The van der Waals surface area contributed by atoms with E-state index in [-0.39, 0.29) is 18.8 Å². The Hall–Kier alpha value is -3.27. The lowest BCUT2D eigenvalue weighted by Gasteiger charge is -2.55. The fourth-order valence-electron chi connectivity index (χ4n) is 4.28. The Balaban J connectivity index is 1.24. The van der Waals surface area contributed by atoms with E-state index >= 15 is 0 Å². The van der Waals surface area contributed by atoms with E-state index in [0.29, 0.717) is 16.7 Å². The SMILES string of the molecule is O=C(Nc1ccc(F)c(-n2cc3cc(N4CC5(COC5)C4)cnc3n2)c1)N1CC(F)C1. The summed E-state index contributed by atoms with van der Waals surface area (Å²) in [5, 5.41) is 7.86. The summed E-state index contributed by atoms with van der Waals surface area (Å²) in [5.41, 5.74) is 2.42. The van der Waals surface area contributed by atoms with Gasteiger partial charge >= 0.3 is 6.03 Å². The highest BCUT2D eigenvalue weighted by Gasteiger charge is 2.49. The number of hydrogen-bond acceptors (Lipinski definition) is 5. The molecule has 3 fully saturated rings. The number of amides is 2. The van der Waals surface area contributed by atoms with Crippen molar-refractivity contribution in [2.75, 3.05) is 49.6 Å². The number of urea groups is 1. The second-order valence-corrected chi connectivity index (χ2v) is 8.63. The van der Waals surface area contributed by atoms with Gasteiger partial charge in [-0.15, -0.1) is 5.10 Å². The molecule has 3 aliphatic rings. The third-order valence-electron chi connectivity index (χ3n) is 6.15. The molecule has 0 aliphatic carbocycles. The zero-order chi connectivity index (χ0) is 21.2. The molecule has 0 unspecified atom stereocenters. The van der Waals surface area contributed by atoms with Gasteiger partial charge in [-0.1, -0.05) is 0 Å². The molecule has 0 radical (unpaired) electrons. The predicted molar refractivity (Wildman–Crippen MR) is 110 cm³/mol. The Morgan fingerprint density at radius 3 is 2.74 bits per heavy atom. The maximum Gasteiger partial charge on any atom is 0.322 e. The van der Waals surface area contributed by atoms with Crippen LogP contribution in [0.5, 0.6) is 0 Å². The number of alkyl halides is 1. The molecule has 3 aliphatic heterocycles. The minimum atomic E-state index is -0.979. The van der Waals surface area contributed by atoms with Crippen molar-refractivity contribution in [3.63, 3.8) is 0 Å². The van der Waals surface area contributed by atoms with E-state index in [0.717, 1.165) is 37.4 Å². The quantitative estimate of drug-likeness (QED) is 0.697. The van der Waals surface area contributed by atoms with Crippen LogP contribution in [0.15, 0.2) is 36.7 Å². The third kappa shape index (κ3) is 3.09. The Morgan fingerprint density at radius 1 is 1.23 bits per heavy atom. The summed E-state index contributed by atoms with van der Waals surface area (Å²) < 4.78 is 34.3. The lowest BCUT2D eigenvalue weighted by Crippen LogP contribution is -2.66. The van der Waals surface area contributed by atoms with Crippen LogP contribution < -0.4 is 10.2 Å². The minimum Gasteiger partial charge on any atom is -0.380 e. The number of anilines is 2. The third-order valence-corrected chi connectivity index (χ3v) is 6.15. The van der Waals surface area contributed by atoms with Crippen LogP contribution in [0.1, 0.15) is 0 Å². The molecule has 0 saturated carbocycles. The number of pyridine rings is 1. The number of nitrogens with one attached hydrogen (secondary N) is 1. The molecule has 0 bridgehead atoms. The first-order valence-corrected chi connectivity index (χ1v) is 10.2. The van der Waals surface area contributed by atoms with Gasteiger partial charge in [0.15, 0.2) is 5.65 Å². The molecule has 0 atom stereocenters. The van der Waals surface area contributed by atoms with Crippen LogP contribution in [0.25, 0.3) is 16.7 Å². The van der Waals surface area contributed by atoms with Gasteiger partial charge in [-0.25, -0.2) is 23.2 Å². The van der Waals surface area contributed by atoms with Crippen molar-refractivity contribution in [1.29, 1.82) is 0 Å². The van der Waals surface area contributed by atoms with Crippen molar-refractivity contribution < 1.29 is 18.3 Å². The maximum atomic E-state index is 14.5. The van der Waals surface area contributed by atoms with Gasteiger partial charge in [-0.2, -0.15) is 0 Å². The highest BCUT2D eigenvalue weighted by Crippen LogP contribution is 2.40. The molecule has 10 heteroatoms. The van der Waals surface area contributed by atoms with E-state index in [9.17, 15) is 13.6 Å². The van der Waals surface area contributed by atoms with Crippen LogP contribution >= 0.6 is 0 Å². The molecule has 31 heavy (non-hydrogen) atoms. The minimum absolute atomic E-state index is 0.0730. The molecular weight excluding hydrogens is 406 g/mol. The second kappa shape index (κ2) is 6.61. The first-order valence-electron chi connectivity index (χ1n) is 10.2. The number of nitrogens with zero attached hydrogens (tertiary/aromatic N) is 5. The van der Waals surface area contributed by atoms with E-state index in [4.69, 9.17) is 4.74 Å². The number of carbonyl (C=O) groups is 1. The number of halogens is 2. The van der Waals surface area contributed by atoms with Gasteiger partial charge in [0.25, 0.3) is 0 Å². The Kier molecular flexibility index (Phi) is 3.95. The number of carbonyl (C=O) groups excluding carboxylic acids is 1. The van der Waals surface area contributed by atoms with Gasteiger partial charge in [0.1, 0.15) is 17.7 Å². The monoisotopic (exact) mass is 426 g/mol. The van der Waals surface area contributed by atoms with E-state index in [1.807, 2.05) is 6.07 Å². The molecule has 1 aromatic carbocycles. The van der Waals surface area contributed by atoms with Crippen molar-refractivity contribution in [3.05, 3.63) is 42.5 Å². The summed E-state index contributed by atoms with van der Waals surface area (Å²) >= 11 is 0. The van der Waals surface area contributed by atoms with Crippen molar-refractivity contribution >= 4 is 28.4 Å². The van der Waals surface area contributed by atoms with Gasteiger partial charge < -0.3 is 19.9 Å². The number of rotatable bonds is 3. The molecule has 8 nitrogen and oxygen atoms in total. The first-order chi connectivity index (χ1) is 15.0. The fourth-order valence-corrected chi connectivity index (χ4v) is 4.28. The first kappa shape index (κ1) is 18.5. The highest BCUT2D eigenvalue weighted by atomic mass is 19.1. The zero-order valence-electron chi connectivity index (χ0n) is 16.6. The summed E-state index contributed by atoms with van der Waals surface area (Å²) in [5.74, 6) is -0.478. The summed E-state index contributed by atoms with van der Waals surface area (Å²) in [7, 11) is 0. The van der Waals surface area contributed by atoms with Gasteiger partial charge in [-0.3, -0.25) is 0 Å². The van der Waals surface area contributed by atoms with E-state index in [1.165, 1.54) is 27.8 Å². The summed E-state index contributed by atoms with van der Waals surface area (Å²) in [4.78, 5) is 20.2. The molecule has 1 spiro atoms. The van der Waals surface area contributed by atoms with Crippen LogP contribution in [0, 0.1) is 11.2 Å². The van der Waals surface area contributed by atoms with Crippen LogP contribution in [-0.2, 0) is 4.74 Å². The molecule has 6 rings (SSSR count). The van der Waals surface area contributed by atoms with Gasteiger partial charge in [0.05, 0.1) is 43.6 Å². The van der Waals surface area contributed by atoms with E-state index < -0.39 is 18.0 Å². The largest absolute Gasteiger partial charge is 0.380 e. The fraction of sp³-hybridized carbons (Fsp3) is 0.381. The number of aromatic nitrogens is 3. The molecule has 2 amide bonds. The Morgan fingerprint density at radius 2 is 2.03 bits per heavy atom. The number of benzene rings is 1. The van der Waals surface area contributed by atoms with Gasteiger partial charge in [-0.05, 0) is 24.3 Å². The molecule has 5 heterocycles. The lowest BCUT2D eigenvalue weighted by molar-refractivity contribution is -0.127. The maximum absolute atomic E-state index is 14.5. The zero-order valence-corrected chi connectivity index (χ0v) is 16.6. The molecule has 160 valence electrons. The lowest BCUT2D eigenvalue weighted by atomic mass is 9.78. The molecule has 2 aromatic heterocycles. The number of fused-ring (bicyclic) bond motifs is 1. The van der Waals surface area contributed by atoms with Crippen LogP contribution in [0.4, 0.5) is 25.0 Å². The van der Waals surface area contributed by atoms with Crippen molar-refractivity contribution in [2.24, 2.45) is 5.41 Å². The summed E-state index contributed by atoms with van der Waals surface area (Å²) in [6.07, 6.45) is 2.53. The van der Waals surface area contributed by atoms with Crippen LogP contribution in [0.2, 0.25) is 0 Å². The summed E-state index contributed by atoms with van der Waals surface area (Å²) in [6.45, 7) is 3.67. The number of likely N-dealkylation sites (tertiary alicyclic amines) is 1. The van der Waals surface area contributed by atoms with Crippen molar-refractivity contribution in [1.82, 2.24) is 19.7 Å². The standard InChI is InChI=1S/C21H20F2N6O2/c22-14-7-27(8-14)20(30)25-15-1-2-17(23)18(4-15)29-6-13-3-16(5-24-19(13)26-29)28-9-21(10-28)11-31-12-21/h1-6,14H,7-12H2,(H,25,30). The molecule has 3 saturated heterocycles. The molecule has 3 aromatic rings. The predicted octanol–water partition coefficient (Wildman–Crippen LogP) is 2.58. The van der Waals surface area contributed by atoms with E-state index in [1.54, 1.807) is 12.4 Å². The summed E-state index contributed by atoms with van der Waals surface area (Å²) in [6, 6.07) is 5.83. The Labute approximate surface area is 176 Å². The van der Waals surface area contributed by atoms with Crippen LogP contribution in [-0.4, -0.2) is 71.3 Å². The smallest absolute Gasteiger partial charge is 0.322 e. The van der Waals surface area contributed by atoms with Gasteiger partial charge in [0.2, 0.25) is 0 Å². The highest BCUT2D eigenvalue weighted by molar-refractivity contribution is 5.90. The van der Waals surface area contributed by atoms with E-state index in [2.05, 4.69) is 20.3 Å². The average molecular weight is 426 g/mol. The van der Waals surface area contributed by atoms with Crippen LogP contribution in [0.3, 0.4) is 0 Å². The number of hydrogen-bond donors (Lipinski definition) is 1. The number of ether oxygens (including phenoxy) is 1. The second-order valence-electron chi connectivity index (χ2n) is 8.63. The van der Waals surface area contributed by atoms with Gasteiger partial charge in [0, 0.05) is 30.4 Å². The van der Waals surface area contributed by atoms with Crippen molar-refractivity contribution in [3.8, 4) is 5.69 Å². The van der Waals surface area contributed by atoms with Crippen molar-refractivity contribution in [2.45, 2.75) is 6.17 Å². The normalized spacial score (nSPS) is 19.8. The topological polar surface area (TPSA) is 75.5 Å². The molecular formula is C21H20F2N6O2. The Bertz CT molecular complexity index is 1180.